The van der Waals surface area contributed by atoms with Gasteiger partial charge in [-0.15, -0.1) is 0 Å². The molecule has 1 aliphatic heterocycles. The first kappa shape index (κ1) is 18.5. The van der Waals surface area contributed by atoms with Crippen LogP contribution in [0.25, 0.3) is 0 Å². The summed E-state index contributed by atoms with van der Waals surface area (Å²) in [6, 6.07) is 6.17. The fourth-order valence-corrected chi connectivity index (χ4v) is 2.78. The third-order valence-electron chi connectivity index (χ3n) is 3.95. The normalized spacial score (nSPS) is 13.1. The van der Waals surface area contributed by atoms with Crippen LogP contribution >= 0.6 is 0 Å². The second-order valence-corrected chi connectivity index (χ2v) is 6.58. The predicted molar refractivity (Wildman–Crippen MR) is 95.6 cm³/mol. The molecule has 0 fully saturated rings. The summed E-state index contributed by atoms with van der Waals surface area (Å²) in [5, 5.41) is 4.63. The maximum Gasteiger partial charge on any atom is 0.323 e. The van der Waals surface area contributed by atoms with E-state index in [0.29, 0.717) is 6.54 Å². The van der Waals surface area contributed by atoms with Gasteiger partial charge in [0.1, 0.15) is 11.6 Å². The van der Waals surface area contributed by atoms with Gasteiger partial charge in [-0.3, -0.25) is 14.5 Å². The van der Waals surface area contributed by atoms with Crippen LogP contribution in [0.3, 0.4) is 0 Å². The van der Waals surface area contributed by atoms with Crippen LogP contribution in [0.2, 0.25) is 0 Å². The Kier molecular flexibility index (Phi) is 4.89. The molecule has 2 aromatic carbocycles. The number of imide groups is 1. The number of nitrogens with one attached hydrogen (secondary N) is 2. The highest BCUT2D eigenvalue weighted by Crippen LogP contribution is 2.26. The summed E-state index contributed by atoms with van der Waals surface area (Å²) < 4.78 is 26.8. The number of urea groups is 1. The number of benzene rings is 2. The number of halogens is 2. The second kappa shape index (κ2) is 7.14. The molecule has 0 atom stereocenters. The zero-order valence-electron chi connectivity index (χ0n) is 14.7. The van der Waals surface area contributed by atoms with Gasteiger partial charge in [0.15, 0.2) is 0 Å². The molecule has 6 nitrogen and oxygen atoms in total. The van der Waals surface area contributed by atoms with Gasteiger partial charge in [-0.2, -0.15) is 0 Å². The van der Waals surface area contributed by atoms with E-state index < -0.39 is 23.6 Å². The van der Waals surface area contributed by atoms with Crippen molar-refractivity contribution in [2.24, 2.45) is 5.92 Å². The monoisotopic (exact) mass is 373 g/mol. The van der Waals surface area contributed by atoms with Crippen LogP contribution in [-0.4, -0.2) is 29.3 Å². The molecule has 3 rings (SSSR count). The number of hydrogen-bond acceptors (Lipinski definition) is 3. The lowest BCUT2D eigenvalue weighted by Gasteiger charge is -2.15. The number of amides is 4. The topological polar surface area (TPSA) is 78.5 Å². The third-order valence-corrected chi connectivity index (χ3v) is 3.95. The highest BCUT2D eigenvalue weighted by atomic mass is 19.1. The Morgan fingerprint density at radius 2 is 1.70 bits per heavy atom. The molecule has 4 amide bonds. The fraction of sp³-hybridized carbons (Fsp3) is 0.211. The molecule has 0 saturated heterocycles. The second-order valence-electron chi connectivity index (χ2n) is 6.58. The van der Waals surface area contributed by atoms with Crippen LogP contribution in [0.1, 0.15) is 34.6 Å². The van der Waals surface area contributed by atoms with E-state index in [1.807, 2.05) is 13.8 Å². The number of carbonyl (C=O) groups excluding carboxylic acids is 3. The molecule has 0 saturated carbocycles. The van der Waals surface area contributed by atoms with Crippen LogP contribution in [0.15, 0.2) is 36.4 Å². The molecule has 140 valence electrons. The molecule has 0 unspecified atom stereocenters. The van der Waals surface area contributed by atoms with Crippen molar-refractivity contribution in [1.82, 2.24) is 4.90 Å². The minimum atomic E-state index is -0.810. The van der Waals surface area contributed by atoms with Gasteiger partial charge in [0, 0.05) is 18.3 Å². The van der Waals surface area contributed by atoms with Crippen molar-refractivity contribution < 1.29 is 23.2 Å². The van der Waals surface area contributed by atoms with E-state index in [1.54, 1.807) is 0 Å². The highest BCUT2D eigenvalue weighted by Gasteiger charge is 2.35. The first-order chi connectivity index (χ1) is 12.8. The molecule has 0 spiro atoms. The summed E-state index contributed by atoms with van der Waals surface area (Å²) in [4.78, 5) is 37.9. The van der Waals surface area contributed by atoms with Gasteiger partial charge in [0.25, 0.3) is 11.8 Å². The minimum absolute atomic E-state index is 0.122. The Hall–Kier alpha value is -3.29. The Morgan fingerprint density at radius 1 is 1.00 bits per heavy atom. The summed E-state index contributed by atoms with van der Waals surface area (Å²) in [6.07, 6.45) is 0. The number of carbonyl (C=O) groups is 3. The molecule has 0 aliphatic carbocycles. The van der Waals surface area contributed by atoms with Crippen molar-refractivity contribution in [3.63, 3.8) is 0 Å². The van der Waals surface area contributed by atoms with Gasteiger partial charge in [-0.1, -0.05) is 13.8 Å². The summed E-state index contributed by atoms with van der Waals surface area (Å²) in [5.74, 6) is -2.16. The smallest absolute Gasteiger partial charge is 0.308 e. The number of nitrogens with zero attached hydrogens (tertiary/aromatic N) is 1. The Balaban J connectivity index is 1.76. The quantitative estimate of drug-likeness (QED) is 0.799. The fourth-order valence-electron chi connectivity index (χ4n) is 2.78. The summed E-state index contributed by atoms with van der Waals surface area (Å²) in [6.45, 7) is 4.09. The van der Waals surface area contributed by atoms with E-state index in [1.165, 1.54) is 23.1 Å². The van der Waals surface area contributed by atoms with Gasteiger partial charge in [-0.25, -0.2) is 13.6 Å². The van der Waals surface area contributed by atoms with Gasteiger partial charge < -0.3 is 10.6 Å². The minimum Gasteiger partial charge on any atom is -0.308 e. The van der Waals surface area contributed by atoms with Crippen LogP contribution in [-0.2, 0) is 0 Å². The maximum absolute atomic E-state index is 13.6. The van der Waals surface area contributed by atoms with Crippen molar-refractivity contribution in [2.75, 3.05) is 17.2 Å². The molecule has 2 N–H and O–H groups in total. The molecular formula is C19H17F2N3O3. The van der Waals surface area contributed by atoms with E-state index in [0.717, 1.165) is 18.2 Å². The average Bonchev–Trinajstić information content (AvgIpc) is 2.82. The van der Waals surface area contributed by atoms with E-state index in [2.05, 4.69) is 10.6 Å². The van der Waals surface area contributed by atoms with Crippen molar-refractivity contribution in [3.05, 3.63) is 59.2 Å². The molecule has 1 aliphatic rings. The summed E-state index contributed by atoms with van der Waals surface area (Å²) in [7, 11) is 0. The first-order valence-electron chi connectivity index (χ1n) is 8.29. The van der Waals surface area contributed by atoms with Gasteiger partial charge in [0.2, 0.25) is 0 Å². The van der Waals surface area contributed by atoms with Crippen LogP contribution in [0.5, 0.6) is 0 Å². The Labute approximate surface area is 154 Å². The van der Waals surface area contributed by atoms with Crippen molar-refractivity contribution in [1.29, 1.82) is 0 Å². The zero-order chi connectivity index (χ0) is 19.7. The molecule has 1 heterocycles. The summed E-state index contributed by atoms with van der Waals surface area (Å²) >= 11 is 0. The molecule has 8 heteroatoms. The summed E-state index contributed by atoms with van der Waals surface area (Å²) in [5.41, 5.74) is 0.386. The van der Waals surface area contributed by atoms with Crippen molar-refractivity contribution >= 4 is 29.2 Å². The number of anilines is 2. The lowest BCUT2D eigenvalue weighted by Crippen LogP contribution is -2.33. The van der Waals surface area contributed by atoms with Crippen LogP contribution in [0, 0.1) is 17.6 Å². The van der Waals surface area contributed by atoms with E-state index in [4.69, 9.17) is 0 Å². The zero-order valence-corrected chi connectivity index (χ0v) is 14.7. The van der Waals surface area contributed by atoms with E-state index in [-0.39, 0.29) is 34.3 Å². The number of hydrogen-bond donors (Lipinski definition) is 2. The molecule has 0 aromatic heterocycles. The lowest BCUT2D eigenvalue weighted by molar-refractivity contribution is 0.0636. The number of rotatable bonds is 4. The number of fused-ring (bicyclic) bond motifs is 1. The first-order valence-corrected chi connectivity index (χ1v) is 8.29. The molecule has 27 heavy (non-hydrogen) atoms. The molecular weight excluding hydrogens is 356 g/mol. The third kappa shape index (κ3) is 3.79. The van der Waals surface area contributed by atoms with Crippen molar-refractivity contribution in [2.45, 2.75) is 13.8 Å². The van der Waals surface area contributed by atoms with Gasteiger partial charge in [0.05, 0.1) is 16.8 Å². The lowest BCUT2D eigenvalue weighted by atomic mass is 10.1. The Morgan fingerprint density at radius 3 is 2.41 bits per heavy atom. The standard InChI is InChI=1S/C19H17F2N3O3/c1-10(2)9-24-17(25)13-5-4-12(8-14(13)18(24)26)22-19(27)23-16-7-11(20)3-6-15(16)21/h3-8,10H,9H2,1-2H3,(H2,22,23,27). The highest BCUT2D eigenvalue weighted by molar-refractivity contribution is 6.22. The van der Waals surface area contributed by atoms with Crippen LogP contribution in [0.4, 0.5) is 25.0 Å². The van der Waals surface area contributed by atoms with E-state index in [9.17, 15) is 23.2 Å². The van der Waals surface area contributed by atoms with Crippen LogP contribution < -0.4 is 10.6 Å². The SMILES string of the molecule is CC(C)CN1C(=O)c2ccc(NC(=O)Nc3cc(F)ccc3F)cc2C1=O. The van der Waals surface area contributed by atoms with Crippen molar-refractivity contribution in [3.8, 4) is 0 Å². The molecule has 2 aromatic rings. The van der Waals surface area contributed by atoms with E-state index >= 15 is 0 Å². The molecule has 0 radical (unpaired) electrons. The van der Waals surface area contributed by atoms with Gasteiger partial charge >= 0.3 is 6.03 Å². The maximum atomic E-state index is 13.6. The van der Waals surface area contributed by atoms with Gasteiger partial charge in [-0.05, 0) is 36.2 Å². The average molecular weight is 373 g/mol. The Bertz CT molecular complexity index is 944. The predicted octanol–water partition coefficient (Wildman–Crippen LogP) is 3.86. The largest absolute Gasteiger partial charge is 0.323 e. The molecule has 0 bridgehead atoms.